The number of para-hydroxylation sites is 1. The van der Waals surface area contributed by atoms with Crippen LogP contribution in [0.2, 0.25) is 0 Å². The number of rotatable bonds is 5. The number of hydrogen-bond donors (Lipinski definition) is 0. The third-order valence-corrected chi connectivity index (χ3v) is 4.73. The molecule has 0 amide bonds. The molecule has 0 N–H and O–H groups in total. The Bertz CT molecular complexity index is 871. The van der Waals surface area contributed by atoms with E-state index in [1.54, 1.807) is 18.2 Å². The summed E-state index contributed by atoms with van der Waals surface area (Å²) in [5.41, 5.74) is 0.104. The molecule has 0 aliphatic rings. The van der Waals surface area contributed by atoms with Crippen molar-refractivity contribution < 1.29 is 9.53 Å². The Balaban J connectivity index is 1.89. The molecule has 1 aromatic carbocycles. The molecule has 0 atom stereocenters. The van der Waals surface area contributed by atoms with E-state index in [0.717, 1.165) is 4.88 Å². The van der Waals surface area contributed by atoms with Gasteiger partial charge < -0.3 is 4.74 Å². The molecular formula is C18H11NO2S2. The highest BCUT2D eigenvalue weighted by Crippen LogP contribution is 2.32. The Hall–Kier alpha value is -2.68. The topological polar surface area (TPSA) is 50.1 Å². The Labute approximate surface area is 141 Å². The molecule has 0 unspecified atom stereocenters. The van der Waals surface area contributed by atoms with Crippen molar-refractivity contribution >= 4 is 34.5 Å². The molecule has 3 aromatic rings. The second-order valence-corrected chi connectivity index (χ2v) is 6.44. The molecule has 23 heavy (non-hydrogen) atoms. The average Bonchev–Trinajstić information content (AvgIpc) is 3.25. The predicted octanol–water partition coefficient (Wildman–Crippen LogP) is 5.39. The van der Waals surface area contributed by atoms with Gasteiger partial charge in [0.25, 0.3) is 0 Å². The first-order chi connectivity index (χ1) is 11.3. The van der Waals surface area contributed by atoms with Gasteiger partial charge >= 0.3 is 0 Å². The van der Waals surface area contributed by atoms with E-state index in [2.05, 4.69) is 0 Å². The molecule has 0 aliphatic heterocycles. The van der Waals surface area contributed by atoms with Crippen LogP contribution in [0.4, 0.5) is 0 Å². The molecule has 112 valence electrons. The number of ketones is 1. The molecule has 5 heteroatoms. The standard InChI is InChI=1S/C18H11NO2S2/c19-12-13(18(20)16-7-4-9-22-16)11-17-15(8-10-23-17)21-14-5-2-1-3-6-14/h1-11H/b13-11-. The minimum atomic E-state index is -0.262. The lowest BCUT2D eigenvalue weighted by Crippen LogP contribution is -1.98. The van der Waals surface area contributed by atoms with Crippen molar-refractivity contribution in [2.45, 2.75) is 0 Å². The number of Topliss-reactive ketones (excluding diaryl/α,β-unsaturated/α-hetero) is 1. The van der Waals surface area contributed by atoms with Gasteiger partial charge in [-0.05, 0) is 41.1 Å². The van der Waals surface area contributed by atoms with Crippen molar-refractivity contribution in [3.8, 4) is 17.6 Å². The highest BCUT2D eigenvalue weighted by atomic mass is 32.1. The van der Waals surface area contributed by atoms with Crippen LogP contribution in [0.5, 0.6) is 11.5 Å². The van der Waals surface area contributed by atoms with Crippen molar-refractivity contribution in [3.63, 3.8) is 0 Å². The van der Waals surface area contributed by atoms with Crippen LogP contribution >= 0.6 is 22.7 Å². The van der Waals surface area contributed by atoms with Crippen LogP contribution in [-0.2, 0) is 0 Å². The fraction of sp³-hybridized carbons (Fsp3) is 0. The lowest BCUT2D eigenvalue weighted by atomic mass is 10.1. The van der Waals surface area contributed by atoms with E-state index in [1.165, 1.54) is 22.7 Å². The second-order valence-electron chi connectivity index (χ2n) is 4.54. The smallest absolute Gasteiger partial charge is 0.213 e. The molecule has 0 radical (unpaired) electrons. The van der Waals surface area contributed by atoms with Crippen LogP contribution in [0.25, 0.3) is 6.08 Å². The number of hydrogen-bond acceptors (Lipinski definition) is 5. The Morgan fingerprint density at radius 1 is 1.04 bits per heavy atom. The second kappa shape index (κ2) is 7.05. The van der Waals surface area contributed by atoms with E-state index in [4.69, 9.17) is 4.74 Å². The molecular weight excluding hydrogens is 326 g/mol. The van der Waals surface area contributed by atoms with Crippen molar-refractivity contribution in [1.82, 2.24) is 0 Å². The van der Waals surface area contributed by atoms with Gasteiger partial charge in [0.2, 0.25) is 5.78 Å². The van der Waals surface area contributed by atoms with E-state index >= 15 is 0 Å². The maximum Gasteiger partial charge on any atom is 0.213 e. The summed E-state index contributed by atoms with van der Waals surface area (Å²) >= 11 is 2.75. The summed E-state index contributed by atoms with van der Waals surface area (Å²) in [7, 11) is 0. The van der Waals surface area contributed by atoms with Gasteiger partial charge in [-0.2, -0.15) is 5.26 Å². The van der Waals surface area contributed by atoms with E-state index in [1.807, 2.05) is 53.2 Å². The van der Waals surface area contributed by atoms with Crippen LogP contribution in [0.15, 0.2) is 64.9 Å². The monoisotopic (exact) mass is 337 g/mol. The molecule has 0 fully saturated rings. The third-order valence-electron chi connectivity index (χ3n) is 3.01. The number of carbonyl (C=O) groups excluding carboxylic acids is 1. The van der Waals surface area contributed by atoms with E-state index < -0.39 is 0 Å². The minimum Gasteiger partial charge on any atom is -0.456 e. The molecule has 0 saturated heterocycles. The van der Waals surface area contributed by atoms with Crippen molar-refractivity contribution in [3.05, 3.63) is 74.6 Å². The quantitative estimate of drug-likeness (QED) is 0.356. The van der Waals surface area contributed by atoms with Gasteiger partial charge in [0.15, 0.2) is 0 Å². The first kappa shape index (κ1) is 15.2. The Kier molecular flexibility index (Phi) is 4.67. The molecule has 0 bridgehead atoms. The molecule has 2 heterocycles. The maximum atomic E-state index is 12.3. The normalized spacial score (nSPS) is 11.0. The SMILES string of the molecule is N#C/C(=C/c1sccc1Oc1ccccc1)C(=O)c1cccs1. The fourth-order valence-electron chi connectivity index (χ4n) is 1.93. The summed E-state index contributed by atoms with van der Waals surface area (Å²) in [5.74, 6) is 1.08. The minimum absolute atomic E-state index is 0.104. The van der Waals surface area contributed by atoms with Gasteiger partial charge in [0.05, 0.1) is 9.75 Å². The zero-order valence-electron chi connectivity index (χ0n) is 11.9. The van der Waals surface area contributed by atoms with Gasteiger partial charge in [-0.1, -0.05) is 24.3 Å². The highest BCUT2D eigenvalue weighted by Gasteiger charge is 2.15. The average molecular weight is 337 g/mol. The molecule has 0 aliphatic carbocycles. The van der Waals surface area contributed by atoms with Crippen LogP contribution < -0.4 is 4.74 Å². The first-order valence-electron chi connectivity index (χ1n) is 6.78. The van der Waals surface area contributed by atoms with Gasteiger partial charge in [-0.3, -0.25) is 4.79 Å². The highest BCUT2D eigenvalue weighted by molar-refractivity contribution is 7.12. The number of benzene rings is 1. The summed E-state index contributed by atoms with van der Waals surface area (Å²) in [6.45, 7) is 0. The fourth-order valence-corrected chi connectivity index (χ4v) is 3.36. The lowest BCUT2D eigenvalue weighted by molar-refractivity contribution is 0.104. The summed E-state index contributed by atoms with van der Waals surface area (Å²) in [6, 6.07) is 16.7. The Morgan fingerprint density at radius 2 is 1.87 bits per heavy atom. The summed E-state index contributed by atoms with van der Waals surface area (Å²) in [4.78, 5) is 13.6. The largest absolute Gasteiger partial charge is 0.456 e. The number of allylic oxidation sites excluding steroid dienone is 1. The maximum absolute atomic E-state index is 12.3. The van der Waals surface area contributed by atoms with Crippen LogP contribution in [0.1, 0.15) is 14.5 Å². The van der Waals surface area contributed by atoms with Gasteiger partial charge in [0.1, 0.15) is 23.1 Å². The van der Waals surface area contributed by atoms with Crippen molar-refractivity contribution in [1.29, 1.82) is 5.26 Å². The van der Waals surface area contributed by atoms with Crippen LogP contribution in [0, 0.1) is 11.3 Å². The van der Waals surface area contributed by atoms with Gasteiger partial charge in [0, 0.05) is 0 Å². The molecule has 3 rings (SSSR count). The zero-order chi connectivity index (χ0) is 16.1. The first-order valence-corrected chi connectivity index (χ1v) is 8.54. The third kappa shape index (κ3) is 3.57. The van der Waals surface area contributed by atoms with Crippen LogP contribution in [0.3, 0.4) is 0 Å². The molecule has 0 spiro atoms. The lowest BCUT2D eigenvalue weighted by Gasteiger charge is -2.04. The zero-order valence-corrected chi connectivity index (χ0v) is 13.6. The molecule has 2 aromatic heterocycles. The summed E-state index contributed by atoms with van der Waals surface area (Å²) in [6.07, 6.45) is 1.59. The van der Waals surface area contributed by atoms with E-state index in [0.29, 0.717) is 16.4 Å². The number of carbonyl (C=O) groups is 1. The van der Waals surface area contributed by atoms with E-state index in [-0.39, 0.29) is 11.4 Å². The van der Waals surface area contributed by atoms with Gasteiger partial charge in [-0.25, -0.2) is 0 Å². The van der Waals surface area contributed by atoms with E-state index in [9.17, 15) is 10.1 Å². The van der Waals surface area contributed by atoms with Crippen molar-refractivity contribution in [2.24, 2.45) is 0 Å². The van der Waals surface area contributed by atoms with Crippen LogP contribution in [-0.4, -0.2) is 5.78 Å². The van der Waals surface area contributed by atoms with Crippen molar-refractivity contribution in [2.75, 3.05) is 0 Å². The summed E-state index contributed by atoms with van der Waals surface area (Å²) in [5, 5.41) is 13.0. The number of thiophene rings is 2. The molecule has 3 nitrogen and oxygen atoms in total. The predicted molar refractivity (Wildman–Crippen MR) is 93.1 cm³/mol. The number of nitrogens with zero attached hydrogens (tertiary/aromatic N) is 1. The van der Waals surface area contributed by atoms with Gasteiger partial charge in [-0.15, -0.1) is 22.7 Å². The summed E-state index contributed by atoms with van der Waals surface area (Å²) < 4.78 is 5.81. The molecule has 0 saturated carbocycles. The number of ether oxygens (including phenoxy) is 1. The Morgan fingerprint density at radius 3 is 2.57 bits per heavy atom. The number of nitriles is 1.